The topological polar surface area (TPSA) is 14.8 Å². The van der Waals surface area contributed by atoms with Crippen molar-refractivity contribution >= 4 is 96.9 Å². The molecular formula is C60H37N3S. The van der Waals surface area contributed by atoms with Crippen molar-refractivity contribution in [2.24, 2.45) is 0 Å². The molecule has 14 aromatic rings. The van der Waals surface area contributed by atoms with Crippen molar-refractivity contribution in [1.82, 2.24) is 13.7 Å². The number of fused-ring (bicyclic) bond motifs is 12. The van der Waals surface area contributed by atoms with Gasteiger partial charge in [0.15, 0.2) is 0 Å². The molecule has 0 radical (unpaired) electrons. The highest BCUT2D eigenvalue weighted by Gasteiger charge is 2.19. The van der Waals surface area contributed by atoms with E-state index in [0.29, 0.717) is 0 Å². The summed E-state index contributed by atoms with van der Waals surface area (Å²) in [6.07, 6.45) is 0. The number of aromatic nitrogens is 3. The molecule has 0 saturated carbocycles. The van der Waals surface area contributed by atoms with E-state index in [1.807, 2.05) is 11.3 Å². The molecule has 0 aliphatic heterocycles. The van der Waals surface area contributed by atoms with Crippen molar-refractivity contribution in [3.05, 3.63) is 224 Å². The summed E-state index contributed by atoms with van der Waals surface area (Å²) in [5.74, 6) is 0. The second kappa shape index (κ2) is 13.7. The van der Waals surface area contributed by atoms with Crippen LogP contribution in [0.4, 0.5) is 0 Å². The molecule has 0 N–H and O–H groups in total. The fourth-order valence-corrected chi connectivity index (χ4v) is 11.9. The molecular weight excluding hydrogens is 795 g/mol. The third-order valence-electron chi connectivity index (χ3n) is 13.4. The van der Waals surface area contributed by atoms with Crippen molar-refractivity contribution in [2.45, 2.75) is 0 Å². The summed E-state index contributed by atoms with van der Waals surface area (Å²) >= 11 is 1.88. The Bertz CT molecular complexity index is 3930. The molecule has 4 aromatic heterocycles. The summed E-state index contributed by atoms with van der Waals surface area (Å²) in [6.45, 7) is 0. The molecule has 0 unspecified atom stereocenters. The minimum atomic E-state index is 1.13. The smallest absolute Gasteiger partial charge is 0.0542 e. The Balaban J connectivity index is 0.980. The van der Waals surface area contributed by atoms with Gasteiger partial charge in [-0.25, -0.2) is 0 Å². The van der Waals surface area contributed by atoms with Gasteiger partial charge in [-0.3, -0.25) is 0 Å². The number of thiophene rings is 1. The highest BCUT2D eigenvalue weighted by molar-refractivity contribution is 7.26. The maximum absolute atomic E-state index is 2.46. The average molecular weight is 832 g/mol. The monoisotopic (exact) mass is 831 g/mol. The Morgan fingerprint density at radius 1 is 0.250 bits per heavy atom. The van der Waals surface area contributed by atoms with Crippen molar-refractivity contribution in [3.8, 4) is 39.3 Å². The number of rotatable bonds is 5. The van der Waals surface area contributed by atoms with E-state index in [-0.39, 0.29) is 0 Å². The Kier molecular flexibility index (Phi) is 7.56. The van der Waals surface area contributed by atoms with E-state index in [4.69, 9.17) is 0 Å². The molecule has 0 atom stereocenters. The largest absolute Gasteiger partial charge is 0.309 e. The van der Waals surface area contributed by atoms with E-state index in [0.717, 1.165) is 17.1 Å². The lowest BCUT2D eigenvalue weighted by Crippen LogP contribution is -1.96. The molecule has 14 rings (SSSR count). The Hall–Kier alpha value is -8.18. The van der Waals surface area contributed by atoms with Crippen molar-refractivity contribution in [2.75, 3.05) is 0 Å². The van der Waals surface area contributed by atoms with Crippen LogP contribution in [0.25, 0.3) is 125 Å². The zero-order chi connectivity index (χ0) is 41.9. The van der Waals surface area contributed by atoms with Gasteiger partial charge in [0.05, 0.1) is 33.1 Å². The summed E-state index contributed by atoms with van der Waals surface area (Å²) in [7, 11) is 0. The Labute approximate surface area is 372 Å². The molecule has 4 heteroatoms. The van der Waals surface area contributed by atoms with Crippen molar-refractivity contribution < 1.29 is 0 Å². The SMILES string of the molecule is c1cc(-c2cccc(-n3c4ccc(-n5c6ccccc6c6ccccc65)cc4c4cc(-n5c6ccccc6c6ccccc65)ccc43)c2)cc(-c2cccc3c2sc2ccccc23)c1. The van der Waals surface area contributed by atoms with Gasteiger partial charge in [0.2, 0.25) is 0 Å². The van der Waals surface area contributed by atoms with Gasteiger partial charge in [-0.05, 0) is 107 Å². The number of nitrogens with zero attached hydrogens (tertiary/aromatic N) is 3. The summed E-state index contributed by atoms with van der Waals surface area (Å²) in [6, 6.07) is 82.8. The van der Waals surface area contributed by atoms with E-state index in [1.54, 1.807) is 0 Å². The summed E-state index contributed by atoms with van der Waals surface area (Å²) in [5, 5.41) is 10.1. The average Bonchev–Trinajstić information content (AvgIpc) is 4.10. The second-order valence-electron chi connectivity index (χ2n) is 16.9. The van der Waals surface area contributed by atoms with Gasteiger partial charge in [-0.15, -0.1) is 11.3 Å². The first-order chi connectivity index (χ1) is 31.7. The maximum atomic E-state index is 2.46. The normalized spacial score (nSPS) is 12.1. The minimum absolute atomic E-state index is 1.13. The lowest BCUT2D eigenvalue weighted by Gasteiger charge is -2.13. The fraction of sp³-hybridized carbons (Fsp3) is 0. The molecule has 0 fully saturated rings. The first-order valence-electron chi connectivity index (χ1n) is 21.9. The fourth-order valence-electron chi connectivity index (χ4n) is 10.6. The van der Waals surface area contributed by atoms with Gasteiger partial charge in [-0.1, -0.05) is 140 Å². The van der Waals surface area contributed by atoms with Gasteiger partial charge < -0.3 is 13.7 Å². The second-order valence-corrected chi connectivity index (χ2v) is 17.9. The van der Waals surface area contributed by atoms with Crippen LogP contribution < -0.4 is 0 Å². The molecule has 298 valence electrons. The van der Waals surface area contributed by atoms with Crippen LogP contribution >= 0.6 is 11.3 Å². The third-order valence-corrected chi connectivity index (χ3v) is 14.6. The third kappa shape index (κ3) is 5.15. The Morgan fingerprint density at radius 3 is 1.22 bits per heavy atom. The molecule has 0 amide bonds. The first kappa shape index (κ1) is 35.4. The van der Waals surface area contributed by atoms with Crippen LogP contribution in [0.15, 0.2) is 224 Å². The molecule has 10 aromatic carbocycles. The van der Waals surface area contributed by atoms with Gasteiger partial charge in [0.25, 0.3) is 0 Å². The van der Waals surface area contributed by atoms with Crippen molar-refractivity contribution in [3.63, 3.8) is 0 Å². The minimum Gasteiger partial charge on any atom is -0.309 e. The van der Waals surface area contributed by atoms with Crippen molar-refractivity contribution in [1.29, 1.82) is 0 Å². The van der Waals surface area contributed by atoms with E-state index < -0.39 is 0 Å². The molecule has 0 bridgehead atoms. The van der Waals surface area contributed by atoms with E-state index in [9.17, 15) is 0 Å². The van der Waals surface area contributed by atoms with E-state index in [2.05, 4.69) is 238 Å². The molecule has 3 nitrogen and oxygen atoms in total. The molecule has 0 spiro atoms. The van der Waals surface area contributed by atoms with Crippen LogP contribution in [0.5, 0.6) is 0 Å². The maximum Gasteiger partial charge on any atom is 0.0542 e. The standard InChI is InChI=1S/C60H37N3S/c1-6-25-53-45(18-1)46-19-2-7-26-54(46)62(53)42-30-32-57-51(36-42)52-37-43(63-55-27-8-3-20-47(55)48-21-4-9-28-56(48)63)31-33-58(52)61(57)41-17-12-15-39(35-41)38-14-11-16-40(34-38)44-23-13-24-50-49-22-5-10-29-59(49)64-60(44)50/h1-37H. The molecule has 0 aliphatic rings. The highest BCUT2D eigenvalue weighted by Crippen LogP contribution is 2.42. The van der Waals surface area contributed by atoms with Crippen LogP contribution in [-0.4, -0.2) is 13.7 Å². The zero-order valence-electron chi connectivity index (χ0n) is 34.6. The molecule has 4 heterocycles. The van der Waals surface area contributed by atoms with Crippen LogP contribution in [0.1, 0.15) is 0 Å². The van der Waals surface area contributed by atoms with Gasteiger partial charge in [0, 0.05) is 69.6 Å². The van der Waals surface area contributed by atoms with E-state index in [1.165, 1.54) is 108 Å². The number of benzene rings is 10. The molecule has 0 saturated heterocycles. The van der Waals surface area contributed by atoms with Gasteiger partial charge in [-0.2, -0.15) is 0 Å². The van der Waals surface area contributed by atoms with Gasteiger partial charge >= 0.3 is 0 Å². The molecule has 0 aliphatic carbocycles. The first-order valence-corrected chi connectivity index (χ1v) is 22.7. The number of hydrogen-bond donors (Lipinski definition) is 0. The van der Waals surface area contributed by atoms with Crippen LogP contribution in [0.3, 0.4) is 0 Å². The summed E-state index contributed by atoms with van der Waals surface area (Å²) in [4.78, 5) is 0. The van der Waals surface area contributed by atoms with Gasteiger partial charge in [0.1, 0.15) is 0 Å². The van der Waals surface area contributed by atoms with Crippen LogP contribution in [0, 0.1) is 0 Å². The number of hydrogen-bond acceptors (Lipinski definition) is 1. The quantitative estimate of drug-likeness (QED) is 0.164. The lowest BCUT2D eigenvalue weighted by atomic mass is 9.97. The lowest BCUT2D eigenvalue weighted by molar-refractivity contribution is 1.16. The molecule has 64 heavy (non-hydrogen) atoms. The summed E-state index contributed by atoms with van der Waals surface area (Å²) < 4.78 is 9.97. The van der Waals surface area contributed by atoms with E-state index >= 15 is 0 Å². The predicted molar refractivity (Wildman–Crippen MR) is 273 cm³/mol. The summed E-state index contributed by atoms with van der Waals surface area (Å²) in [5.41, 5.74) is 15.5. The number of para-hydroxylation sites is 4. The Morgan fingerprint density at radius 2 is 0.656 bits per heavy atom. The van der Waals surface area contributed by atoms with Crippen LogP contribution in [0.2, 0.25) is 0 Å². The predicted octanol–water partition coefficient (Wildman–Crippen LogP) is 16.7. The zero-order valence-corrected chi connectivity index (χ0v) is 35.4. The highest BCUT2D eigenvalue weighted by atomic mass is 32.1. The van der Waals surface area contributed by atoms with Crippen LogP contribution in [-0.2, 0) is 0 Å².